The van der Waals surface area contributed by atoms with Gasteiger partial charge in [-0.3, -0.25) is 0 Å². The van der Waals surface area contributed by atoms with Crippen molar-refractivity contribution in [2.45, 2.75) is 81.7 Å². The van der Waals surface area contributed by atoms with E-state index < -0.39 is 0 Å². The maximum Gasteiger partial charge on any atom is 0.0178 e. The van der Waals surface area contributed by atoms with Crippen LogP contribution in [0.25, 0.3) is 22.3 Å². The standard InChI is InChI=1S/C27H32.C14H17N.C13H13N.2C2H6.CH3N/c1-6-11-26(27-17-10-14-23(4)20-27)19-21(2)12-7-8-15-24(5)25-16-9-13-22(3)18-25;1-3-7-14(10-12(2)11-15)13-8-5-4-6-9-13;14-10-11-6-8-13(9-7-11)12-4-2-1-3-5-12;3*1-2/h6-11,13-19,23H,1,12,20H2,2-5H3;3-10H,2,11,15H2,1H3;1-9H,10,14H2;2*1-2H3;2H,1H2/b8-7-,21-19+,24-15+,26-11+;7-3-,14-10+;;;;. The normalized spacial score (nSPS) is 13.6. The van der Waals surface area contributed by atoms with Crippen LogP contribution in [-0.2, 0) is 6.54 Å². The number of benzene rings is 4. The van der Waals surface area contributed by atoms with E-state index in [0.717, 1.165) is 24.0 Å². The van der Waals surface area contributed by atoms with E-state index >= 15 is 0 Å². The minimum Gasteiger partial charge on any atom is -0.327 e. The topological polar surface area (TPSA) is 75.9 Å². The van der Waals surface area contributed by atoms with E-state index in [1.54, 1.807) is 0 Å². The summed E-state index contributed by atoms with van der Waals surface area (Å²) in [6.45, 7) is 30.1. The van der Waals surface area contributed by atoms with E-state index in [2.05, 4.69) is 175 Å². The first kappa shape index (κ1) is 55.9. The Balaban J connectivity index is 0.000000904. The molecule has 0 fully saturated rings. The summed E-state index contributed by atoms with van der Waals surface area (Å²) in [5, 5.41) is 5.50. The molecule has 0 aromatic heterocycles. The van der Waals surface area contributed by atoms with Gasteiger partial charge in [0.05, 0.1) is 0 Å². The average molecular weight is 828 g/mol. The Labute approximate surface area is 378 Å². The fourth-order valence-electron chi connectivity index (χ4n) is 5.99. The lowest BCUT2D eigenvalue weighted by Gasteiger charge is -2.16. The van der Waals surface area contributed by atoms with Crippen molar-refractivity contribution in [3.05, 3.63) is 240 Å². The minimum absolute atomic E-state index is 0.494. The molecule has 4 aromatic rings. The van der Waals surface area contributed by atoms with Crippen molar-refractivity contribution in [3.63, 3.8) is 0 Å². The summed E-state index contributed by atoms with van der Waals surface area (Å²) in [5.74, 6) is 0.599. The molecule has 0 amide bonds. The maximum atomic E-state index is 5.54. The predicted molar refractivity (Wildman–Crippen MR) is 281 cm³/mol. The lowest BCUT2D eigenvalue weighted by Crippen LogP contribution is -1.99. The zero-order valence-corrected chi connectivity index (χ0v) is 39.5. The Kier molecular flexibility index (Phi) is 32.1. The highest BCUT2D eigenvalue weighted by Crippen LogP contribution is 2.27. The van der Waals surface area contributed by atoms with Crippen LogP contribution in [0.3, 0.4) is 0 Å². The molecule has 0 aliphatic heterocycles. The highest BCUT2D eigenvalue weighted by atomic mass is 14.5. The molecule has 62 heavy (non-hydrogen) atoms. The zero-order chi connectivity index (χ0) is 46.5. The number of aryl methyl sites for hydroxylation is 1. The molecule has 3 nitrogen and oxygen atoms in total. The number of nitrogens with one attached hydrogen (secondary N) is 1. The summed E-state index contributed by atoms with van der Waals surface area (Å²) in [6, 6.07) is 37.6. The van der Waals surface area contributed by atoms with Gasteiger partial charge in [0.15, 0.2) is 0 Å². The monoisotopic (exact) mass is 828 g/mol. The Morgan fingerprint density at radius 3 is 1.90 bits per heavy atom. The first-order valence-corrected chi connectivity index (χ1v) is 21.9. The van der Waals surface area contributed by atoms with E-state index in [9.17, 15) is 0 Å². The second-order valence-corrected chi connectivity index (χ2v) is 14.1. The highest BCUT2D eigenvalue weighted by Gasteiger charge is 2.09. The van der Waals surface area contributed by atoms with Gasteiger partial charge in [-0.1, -0.05) is 241 Å². The molecule has 328 valence electrons. The number of allylic oxidation sites excluding steroid dienone is 16. The summed E-state index contributed by atoms with van der Waals surface area (Å²) >= 11 is 0. The minimum atomic E-state index is 0.494. The van der Waals surface area contributed by atoms with E-state index in [0.29, 0.717) is 19.0 Å². The molecule has 0 saturated heterocycles. The Bertz CT molecular complexity index is 2080. The number of rotatable bonds is 13. The van der Waals surface area contributed by atoms with E-state index in [1.807, 2.05) is 89.2 Å². The second kappa shape index (κ2) is 35.6. The fourth-order valence-corrected chi connectivity index (χ4v) is 5.99. The number of hydrogen-bond acceptors (Lipinski definition) is 3. The molecule has 0 spiro atoms. The van der Waals surface area contributed by atoms with Gasteiger partial charge in [0.25, 0.3) is 0 Å². The quantitative estimate of drug-likeness (QED) is 0.0927. The molecule has 5 N–H and O–H groups in total. The molecule has 3 heteroatoms. The number of nitrogens with two attached hydrogens (primary N) is 2. The van der Waals surface area contributed by atoms with Crippen LogP contribution in [0.2, 0.25) is 0 Å². The fraction of sp³-hybridized carbons (Fsp3) is 0.237. The zero-order valence-electron chi connectivity index (χ0n) is 39.5. The van der Waals surface area contributed by atoms with Crippen molar-refractivity contribution in [2.75, 3.05) is 6.54 Å². The van der Waals surface area contributed by atoms with Crippen LogP contribution in [0.1, 0.15) is 90.5 Å². The average Bonchev–Trinajstić information content (AvgIpc) is 3.33. The van der Waals surface area contributed by atoms with Crippen molar-refractivity contribution in [1.29, 1.82) is 5.41 Å². The molecule has 0 radical (unpaired) electrons. The largest absolute Gasteiger partial charge is 0.327 e. The van der Waals surface area contributed by atoms with E-state index in [1.165, 1.54) is 55.7 Å². The lowest BCUT2D eigenvalue weighted by molar-refractivity contribution is 0.714. The Morgan fingerprint density at radius 1 is 0.758 bits per heavy atom. The van der Waals surface area contributed by atoms with Crippen LogP contribution in [-0.4, -0.2) is 13.3 Å². The van der Waals surface area contributed by atoms with E-state index in [-0.39, 0.29) is 0 Å². The summed E-state index contributed by atoms with van der Waals surface area (Å²) in [6.07, 6.45) is 27.7. The van der Waals surface area contributed by atoms with Gasteiger partial charge in [0.1, 0.15) is 0 Å². The van der Waals surface area contributed by atoms with Crippen LogP contribution < -0.4 is 11.5 Å². The van der Waals surface area contributed by atoms with Gasteiger partial charge in [0, 0.05) is 13.1 Å². The van der Waals surface area contributed by atoms with Crippen molar-refractivity contribution < 1.29 is 0 Å². The smallest absolute Gasteiger partial charge is 0.0178 e. The van der Waals surface area contributed by atoms with Gasteiger partial charge in [-0.05, 0) is 109 Å². The van der Waals surface area contributed by atoms with Crippen molar-refractivity contribution in [2.24, 2.45) is 17.4 Å². The molecule has 1 aliphatic carbocycles. The molecule has 0 heterocycles. The van der Waals surface area contributed by atoms with Gasteiger partial charge in [-0.2, -0.15) is 0 Å². The Morgan fingerprint density at radius 2 is 1.35 bits per heavy atom. The van der Waals surface area contributed by atoms with Gasteiger partial charge < -0.3 is 16.9 Å². The summed E-state index contributed by atoms with van der Waals surface area (Å²) in [4.78, 5) is 0. The second-order valence-electron chi connectivity index (χ2n) is 14.1. The maximum absolute atomic E-state index is 5.54. The van der Waals surface area contributed by atoms with E-state index in [4.69, 9.17) is 16.9 Å². The molecule has 1 atom stereocenters. The summed E-state index contributed by atoms with van der Waals surface area (Å²) in [5.41, 5.74) is 25.9. The third-order valence-electron chi connectivity index (χ3n) is 9.12. The first-order chi connectivity index (χ1) is 30.2. The third-order valence-corrected chi connectivity index (χ3v) is 9.12. The van der Waals surface area contributed by atoms with Gasteiger partial charge in [0.2, 0.25) is 0 Å². The molecule has 1 aliphatic rings. The molecule has 4 aromatic carbocycles. The van der Waals surface area contributed by atoms with Crippen LogP contribution in [0.4, 0.5) is 0 Å². The molecule has 5 rings (SSSR count). The lowest BCUT2D eigenvalue weighted by atomic mass is 9.89. The third kappa shape index (κ3) is 23.0. The molecular formula is C59H77N3. The predicted octanol–water partition coefficient (Wildman–Crippen LogP) is 16.2. The van der Waals surface area contributed by atoms with Crippen molar-refractivity contribution in [1.82, 2.24) is 0 Å². The van der Waals surface area contributed by atoms with Crippen molar-refractivity contribution in [3.8, 4) is 11.1 Å². The SMILES string of the molecule is C=C(/C=C(\C=C/C)c1ccccc1)CN.C=C/C=C(\C=C(/C)C/C=C\C=C(/C)c1cccc(C)c1)C1=CC=CC(C)C1.C=N.CC.CC.NCc1ccc(-c2ccccc2)cc1. The van der Waals surface area contributed by atoms with Crippen LogP contribution in [0, 0.1) is 18.3 Å². The van der Waals surface area contributed by atoms with Crippen molar-refractivity contribution >= 4 is 17.9 Å². The molecule has 0 bridgehead atoms. The van der Waals surface area contributed by atoms with Crippen LogP contribution >= 0.6 is 0 Å². The summed E-state index contributed by atoms with van der Waals surface area (Å²) < 4.78 is 0. The molecular weight excluding hydrogens is 751 g/mol. The number of hydrogen-bond donors (Lipinski definition) is 3. The Hall–Kier alpha value is -6.13. The first-order valence-electron chi connectivity index (χ1n) is 21.9. The van der Waals surface area contributed by atoms with Gasteiger partial charge in [-0.25, -0.2) is 0 Å². The van der Waals surface area contributed by atoms with Crippen LogP contribution in [0.15, 0.2) is 218 Å². The molecule has 1 unspecified atom stereocenters. The highest BCUT2D eigenvalue weighted by molar-refractivity contribution is 5.76. The van der Waals surface area contributed by atoms with Gasteiger partial charge in [-0.15, -0.1) is 0 Å². The van der Waals surface area contributed by atoms with Crippen LogP contribution in [0.5, 0.6) is 0 Å². The van der Waals surface area contributed by atoms with Gasteiger partial charge >= 0.3 is 0 Å². The molecule has 0 saturated carbocycles. The summed E-state index contributed by atoms with van der Waals surface area (Å²) in [7, 11) is 0.